The Bertz CT molecular complexity index is 199. The molecule has 0 radical (unpaired) electrons. The summed E-state index contributed by atoms with van der Waals surface area (Å²) in [6.45, 7) is 5.50. The van der Waals surface area contributed by atoms with Crippen molar-refractivity contribution in [3.05, 3.63) is 18.0 Å². The second-order valence-corrected chi connectivity index (χ2v) is 2.81. The fraction of sp³-hybridized carbons (Fsp3) is 0.667. The molecule has 0 fully saturated rings. The van der Waals surface area contributed by atoms with E-state index in [4.69, 9.17) is 4.74 Å². The summed E-state index contributed by atoms with van der Waals surface area (Å²) in [5.41, 5.74) is 1.12. The summed E-state index contributed by atoms with van der Waals surface area (Å²) in [5, 5.41) is 10.1. The van der Waals surface area contributed by atoms with Gasteiger partial charge in [0, 0.05) is 31.6 Å². The summed E-state index contributed by atoms with van der Waals surface area (Å²) in [6, 6.07) is 1.97. The number of H-pyrrole nitrogens is 1. The number of nitrogens with zero attached hydrogens (tertiary/aromatic N) is 1. The normalized spacial score (nSPS) is 10.5. The molecule has 0 saturated heterocycles. The van der Waals surface area contributed by atoms with Gasteiger partial charge in [-0.25, -0.2) is 0 Å². The van der Waals surface area contributed by atoms with Crippen molar-refractivity contribution >= 4 is 0 Å². The Kier molecular flexibility index (Phi) is 5.20. The van der Waals surface area contributed by atoms with Crippen molar-refractivity contribution in [2.75, 3.05) is 19.8 Å². The lowest BCUT2D eigenvalue weighted by atomic mass is 10.4. The molecule has 0 bridgehead atoms. The first kappa shape index (κ1) is 10.2. The smallest absolute Gasteiger partial charge is 0.0490 e. The van der Waals surface area contributed by atoms with Crippen molar-refractivity contribution in [3.63, 3.8) is 0 Å². The minimum absolute atomic E-state index is 0.806. The number of hydrogen-bond acceptors (Lipinski definition) is 3. The summed E-state index contributed by atoms with van der Waals surface area (Å²) >= 11 is 0. The summed E-state index contributed by atoms with van der Waals surface area (Å²) in [5.74, 6) is 0. The molecule has 74 valence electrons. The molecule has 0 unspecified atom stereocenters. The number of ether oxygens (including phenoxy) is 1. The molecule has 0 aromatic carbocycles. The van der Waals surface area contributed by atoms with Crippen LogP contribution < -0.4 is 5.32 Å². The Hall–Kier alpha value is -0.870. The van der Waals surface area contributed by atoms with E-state index in [0.717, 1.165) is 38.4 Å². The standard InChI is InChI=1S/C9H17N3O/c1-2-13-7-3-5-10-8-9-4-6-11-12-9/h4,6,10H,2-3,5,7-8H2,1H3,(H,11,12). The number of aromatic nitrogens is 2. The third kappa shape index (κ3) is 4.65. The minimum Gasteiger partial charge on any atom is -0.382 e. The molecule has 1 rings (SSSR count). The topological polar surface area (TPSA) is 49.9 Å². The van der Waals surface area contributed by atoms with Gasteiger partial charge in [0.2, 0.25) is 0 Å². The van der Waals surface area contributed by atoms with Crippen LogP contribution in [0.25, 0.3) is 0 Å². The van der Waals surface area contributed by atoms with Crippen LogP contribution in [0.5, 0.6) is 0 Å². The molecule has 0 aliphatic carbocycles. The van der Waals surface area contributed by atoms with Crippen molar-refractivity contribution in [1.82, 2.24) is 15.5 Å². The lowest BCUT2D eigenvalue weighted by molar-refractivity contribution is 0.144. The first-order valence-corrected chi connectivity index (χ1v) is 4.70. The van der Waals surface area contributed by atoms with E-state index in [9.17, 15) is 0 Å². The highest BCUT2D eigenvalue weighted by Gasteiger charge is 1.92. The predicted octanol–water partition coefficient (Wildman–Crippen LogP) is 0.926. The van der Waals surface area contributed by atoms with E-state index in [0.29, 0.717) is 0 Å². The second kappa shape index (κ2) is 6.62. The largest absolute Gasteiger partial charge is 0.382 e. The van der Waals surface area contributed by atoms with Crippen LogP contribution in [0.15, 0.2) is 12.3 Å². The fourth-order valence-electron chi connectivity index (χ4n) is 1.05. The summed E-state index contributed by atoms with van der Waals surface area (Å²) in [7, 11) is 0. The number of nitrogens with one attached hydrogen (secondary N) is 2. The zero-order chi connectivity index (χ0) is 9.36. The highest BCUT2D eigenvalue weighted by molar-refractivity contribution is 4.96. The Labute approximate surface area is 78.7 Å². The fourth-order valence-corrected chi connectivity index (χ4v) is 1.05. The van der Waals surface area contributed by atoms with Gasteiger partial charge in [-0.3, -0.25) is 5.10 Å². The van der Waals surface area contributed by atoms with Crippen molar-refractivity contribution in [2.24, 2.45) is 0 Å². The Morgan fingerprint density at radius 1 is 1.62 bits per heavy atom. The van der Waals surface area contributed by atoms with Crippen LogP contribution in [0.2, 0.25) is 0 Å². The highest BCUT2D eigenvalue weighted by Crippen LogP contribution is 1.89. The van der Waals surface area contributed by atoms with E-state index >= 15 is 0 Å². The third-order valence-electron chi connectivity index (χ3n) is 1.72. The number of aromatic amines is 1. The molecule has 1 aromatic heterocycles. The number of rotatable bonds is 7. The molecule has 13 heavy (non-hydrogen) atoms. The predicted molar refractivity (Wildman–Crippen MR) is 51.4 cm³/mol. The third-order valence-corrected chi connectivity index (χ3v) is 1.72. The van der Waals surface area contributed by atoms with Gasteiger partial charge in [-0.1, -0.05) is 0 Å². The Morgan fingerprint density at radius 2 is 2.54 bits per heavy atom. The molecule has 0 aliphatic rings. The van der Waals surface area contributed by atoms with Crippen molar-refractivity contribution in [3.8, 4) is 0 Å². The summed E-state index contributed by atoms with van der Waals surface area (Å²) < 4.78 is 5.21. The molecule has 0 amide bonds. The molecule has 1 aromatic rings. The maximum atomic E-state index is 5.21. The second-order valence-electron chi connectivity index (χ2n) is 2.81. The van der Waals surface area contributed by atoms with Gasteiger partial charge in [0.25, 0.3) is 0 Å². The number of hydrogen-bond donors (Lipinski definition) is 2. The average molecular weight is 183 g/mol. The van der Waals surface area contributed by atoms with Gasteiger partial charge in [0.15, 0.2) is 0 Å². The SMILES string of the molecule is CCOCCCNCc1ccn[nH]1. The lowest BCUT2D eigenvalue weighted by Crippen LogP contribution is -2.16. The van der Waals surface area contributed by atoms with Crippen LogP contribution in [0.3, 0.4) is 0 Å². The lowest BCUT2D eigenvalue weighted by Gasteiger charge is -2.02. The van der Waals surface area contributed by atoms with E-state index in [-0.39, 0.29) is 0 Å². The molecule has 0 atom stereocenters. The average Bonchev–Trinajstić information content (AvgIpc) is 2.63. The summed E-state index contributed by atoms with van der Waals surface area (Å²) in [6.07, 6.45) is 2.82. The van der Waals surface area contributed by atoms with Crippen LogP contribution in [0.1, 0.15) is 19.0 Å². The van der Waals surface area contributed by atoms with Crippen LogP contribution in [0, 0.1) is 0 Å². The van der Waals surface area contributed by atoms with Crippen LogP contribution in [-0.2, 0) is 11.3 Å². The minimum atomic E-state index is 0.806. The first-order valence-electron chi connectivity index (χ1n) is 4.70. The van der Waals surface area contributed by atoms with E-state index in [1.807, 2.05) is 13.0 Å². The highest BCUT2D eigenvalue weighted by atomic mass is 16.5. The van der Waals surface area contributed by atoms with E-state index < -0.39 is 0 Å². The van der Waals surface area contributed by atoms with Gasteiger partial charge in [0.1, 0.15) is 0 Å². The van der Waals surface area contributed by atoms with Crippen LogP contribution in [-0.4, -0.2) is 30.0 Å². The molecular weight excluding hydrogens is 166 g/mol. The van der Waals surface area contributed by atoms with Crippen molar-refractivity contribution < 1.29 is 4.74 Å². The first-order chi connectivity index (χ1) is 6.43. The van der Waals surface area contributed by atoms with Gasteiger partial charge in [-0.05, 0) is 26.0 Å². The van der Waals surface area contributed by atoms with E-state index in [1.54, 1.807) is 6.20 Å². The zero-order valence-electron chi connectivity index (χ0n) is 8.05. The maximum absolute atomic E-state index is 5.21. The Balaban J connectivity index is 1.90. The van der Waals surface area contributed by atoms with E-state index in [1.165, 1.54) is 0 Å². The molecule has 2 N–H and O–H groups in total. The van der Waals surface area contributed by atoms with Gasteiger partial charge in [-0.15, -0.1) is 0 Å². The van der Waals surface area contributed by atoms with Gasteiger partial charge >= 0.3 is 0 Å². The Morgan fingerprint density at radius 3 is 3.23 bits per heavy atom. The quantitative estimate of drug-likeness (QED) is 0.618. The van der Waals surface area contributed by atoms with Gasteiger partial charge < -0.3 is 10.1 Å². The van der Waals surface area contributed by atoms with Crippen LogP contribution >= 0.6 is 0 Å². The molecule has 0 spiro atoms. The van der Waals surface area contributed by atoms with Gasteiger partial charge in [-0.2, -0.15) is 5.10 Å². The van der Waals surface area contributed by atoms with Crippen molar-refractivity contribution in [1.29, 1.82) is 0 Å². The van der Waals surface area contributed by atoms with Crippen LogP contribution in [0.4, 0.5) is 0 Å². The molecule has 0 aliphatic heterocycles. The van der Waals surface area contributed by atoms with Crippen molar-refractivity contribution in [2.45, 2.75) is 19.9 Å². The molecule has 4 heteroatoms. The molecule has 1 heterocycles. The maximum Gasteiger partial charge on any atom is 0.0490 e. The monoisotopic (exact) mass is 183 g/mol. The molecular formula is C9H17N3O. The van der Waals surface area contributed by atoms with E-state index in [2.05, 4.69) is 15.5 Å². The molecule has 4 nitrogen and oxygen atoms in total. The zero-order valence-corrected chi connectivity index (χ0v) is 8.05. The molecule has 0 saturated carbocycles. The summed E-state index contributed by atoms with van der Waals surface area (Å²) in [4.78, 5) is 0. The van der Waals surface area contributed by atoms with Gasteiger partial charge in [0.05, 0.1) is 0 Å².